The summed E-state index contributed by atoms with van der Waals surface area (Å²) in [6.07, 6.45) is 6.23. The summed E-state index contributed by atoms with van der Waals surface area (Å²) in [6.45, 7) is 4.25. The molecule has 150 valence electrons. The van der Waals surface area contributed by atoms with Crippen molar-refractivity contribution in [1.82, 2.24) is 4.98 Å². The summed E-state index contributed by atoms with van der Waals surface area (Å²) < 4.78 is 13.8. The number of fused-ring (bicyclic) bond motifs is 1. The molecule has 1 atom stereocenters. The van der Waals surface area contributed by atoms with E-state index in [1.165, 1.54) is 17.2 Å². The van der Waals surface area contributed by atoms with Gasteiger partial charge in [-0.3, -0.25) is 9.78 Å². The van der Waals surface area contributed by atoms with E-state index in [1.807, 2.05) is 19.2 Å². The second-order valence-electron chi connectivity index (χ2n) is 8.35. The first-order chi connectivity index (χ1) is 14.0. The maximum Gasteiger partial charge on any atom is 0.248 e. The Hall–Kier alpha value is -2.75. The molecule has 0 spiro atoms. The molecule has 0 aliphatic heterocycles. The maximum absolute atomic E-state index is 13.8. The van der Waals surface area contributed by atoms with Crippen LogP contribution in [0.4, 0.5) is 4.39 Å². The summed E-state index contributed by atoms with van der Waals surface area (Å²) in [6, 6.07) is 12.8. The van der Waals surface area contributed by atoms with E-state index in [0.29, 0.717) is 23.3 Å². The fraction of sp³-hybridized carbons (Fsp3) is 0.360. The molecule has 4 rings (SSSR count). The smallest absolute Gasteiger partial charge is 0.248 e. The topological polar surface area (TPSA) is 56.0 Å². The lowest BCUT2D eigenvalue weighted by molar-refractivity contribution is 0.0999. The molecule has 2 N–H and O–H groups in total. The van der Waals surface area contributed by atoms with Crippen LogP contribution in [0.1, 0.15) is 71.5 Å². The van der Waals surface area contributed by atoms with Crippen molar-refractivity contribution in [3.8, 4) is 0 Å². The van der Waals surface area contributed by atoms with E-state index in [1.54, 1.807) is 18.2 Å². The lowest BCUT2D eigenvalue weighted by Crippen LogP contribution is -2.20. The second-order valence-corrected chi connectivity index (χ2v) is 8.35. The van der Waals surface area contributed by atoms with Gasteiger partial charge in [0.25, 0.3) is 0 Å². The van der Waals surface area contributed by atoms with Gasteiger partial charge in [-0.25, -0.2) is 4.39 Å². The molecule has 4 heteroatoms. The number of carbonyl (C=O) groups excluding carboxylic acids is 1. The summed E-state index contributed by atoms with van der Waals surface area (Å²) in [5.74, 6) is 0.805. The normalized spacial score (nSPS) is 20.5. The van der Waals surface area contributed by atoms with Crippen LogP contribution in [0.3, 0.4) is 0 Å². The van der Waals surface area contributed by atoms with Crippen LogP contribution in [0.25, 0.3) is 10.9 Å². The summed E-state index contributed by atoms with van der Waals surface area (Å²) in [4.78, 5) is 16.1. The molecular weight excluding hydrogens is 363 g/mol. The molecule has 0 radical (unpaired) electrons. The van der Waals surface area contributed by atoms with Crippen LogP contribution in [0, 0.1) is 18.7 Å². The molecule has 1 amide bonds. The van der Waals surface area contributed by atoms with Crippen LogP contribution in [0.15, 0.2) is 48.7 Å². The summed E-state index contributed by atoms with van der Waals surface area (Å²) in [5, 5.41) is 0.939. The van der Waals surface area contributed by atoms with Crippen molar-refractivity contribution < 1.29 is 9.18 Å². The number of rotatable bonds is 4. The van der Waals surface area contributed by atoms with Gasteiger partial charge in [-0.1, -0.05) is 19.1 Å². The quantitative estimate of drug-likeness (QED) is 0.607. The van der Waals surface area contributed by atoms with Crippen molar-refractivity contribution >= 4 is 16.8 Å². The van der Waals surface area contributed by atoms with Crippen molar-refractivity contribution in [2.75, 3.05) is 0 Å². The van der Waals surface area contributed by atoms with E-state index >= 15 is 0 Å². The Bertz CT molecular complexity index is 1050. The highest BCUT2D eigenvalue weighted by molar-refractivity contribution is 5.94. The van der Waals surface area contributed by atoms with Crippen molar-refractivity contribution in [3.05, 3.63) is 76.7 Å². The fourth-order valence-electron chi connectivity index (χ4n) is 5.09. The highest BCUT2D eigenvalue weighted by atomic mass is 19.1. The van der Waals surface area contributed by atoms with Crippen LogP contribution < -0.4 is 5.73 Å². The third-order valence-electron chi connectivity index (χ3n) is 6.79. The molecular formula is C25H27FN2O. The minimum atomic E-state index is -0.364. The summed E-state index contributed by atoms with van der Waals surface area (Å²) >= 11 is 0. The number of aromatic nitrogens is 1. The minimum Gasteiger partial charge on any atom is -0.366 e. The van der Waals surface area contributed by atoms with E-state index in [4.69, 9.17) is 5.73 Å². The van der Waals surface area contributed by atoms with Gasteiger partial charge < -0.3 is 5.73 Å². The number of benzene rings is 2. The van der Waals surface area contributed by atoms with E-state index in [0.717, 1.165) is 42.1 Å². The molecule has 3 aromatic rings. The third kappa shape index (κ3) is 3.76. The highest BCUT2D eigenvalue weighted by Gasteiger charge is 2.29. The number of amides is 1. The van der Waals surface area contributed by atoms with Crippen LogP contribution in [-0.2, 0) is 0 Å². The fourth-order valence-corrected chi connectivity index (χ4v) is 5.09. The number of pyridine rings is 1. The lowest BCUT2D eigenvalue weighted by atomic mass is 9.71. The molecule has 1 aliphatic carbocycles. The summed E-state index contributed by atoms with van der Waals surface area (Å²) in [7, 11) is 0. The van der Waals surface area contributed by atoms with Crippen molar-refractivity contribution in [3.63, 3.8) is 0 Å². The summed E-state index contributed by atoms with van der Waals surface area (Å²) in [5.41, 5.74) is 10.5. The van der Waals surface area contributed by atoms with E-state index in [9.17, 15) is 9.18 Å². The van der Waals surface area contributed by atoms with E-state index in [2.05, 4.69) is 24.0 Å². The SMILES string of the molecule is Cc1c(C(N)=O)cccc1[C@H](C)C1CCC(c2ccnc3ccc(F)cc23)CC1. The Balaban J connectivity index is 1.53. The van der Waals surface area contributed by atoms with Gasteiger partial charge in [0.2, 0.25) is 5.91 Å². The van der Waals surface area contributed by atoms with Gasteiger partial charge in [0, 0.05) is 17.1 Å². The van der Waals surface area contributed by atoms with Crippen LogP contribution in [0.2, 0.25) is 0 Å². The molecule has 29 heavy (non-hydrogen) atoms. The third-order valence-corrected chi connectivity index (χ3v) is 6.79. The van der Waals surface area contributed by atoms with Crippen molar-refractivity contribution in [2.24, 2.45) is 11.7 Å². The molecule has 3 nitrogen and oxygen atoms in total. The van der Waals surface area contributed by atoms with E-state index < -0.39 is 0 Å². The molecule has 0 saturated heterocycles. The molecule has 1 heterocycles. The maximum atomic E-state index is 13.8. The number of nitrogens with zero attached hydrogens (tertiary/aromatic N) is 1. The Morgan fingerprint density at radius 1 is 1.14 bits per heavy atom. The zero-order valence-corrected chi connectivity index (χ0v) is 17.0. The largest absolute Gasteiger partial charge is 0.366 e. The van der Waals surface area contributed by atoms with Crippen LogP contribution in [-0.4, -0.2) is 10.9 Å². The highest BCUT2D eigenvalue weighted by Crippen LogP contribution is 2.43. The molecule has 1 aromatic heterocycles. The predicted octanol–water partition coefficient (Wildman–Crippen LogP) is 5.86. The average Bonchev–Trinajstić information content (AvgIpc) is 2.73. The number of carbonyl (C=O) groups is 1. The van der Waals surface area contributed by atoms with Crippen LogP contribution in [0.5, 0.6) is 0 Å². The van der Waals surface area contributed by atoms with E-state index in [-0.39, 0.29) is 11.7 Å². The average molecular weight is 391 g/mol. The standard InChI is InChI=1S/C25H27FN2O/c1-15(20-4-3-5-21(16(20)2)25(27)29)17-6-8-18(9-7-17)22-12-13-28-24-11-10-19(26)14-23(22)24/h3-5,10-15,17-18H,6-9H2,1-2H3,(H2,27,29)/t15-,17?,18?/m1/s1. The van der Waals surface area contributed by atoms with Gasteiger partial charge in [0.05, 0.1) is 5.52 Å². The molecule has 0 bridgehead atoms. The van der Waals surface area contributed by atoms with Gasteiger partial charge in [-0.15, -0.1) is 0 Å². The van der Waals surface area contributed by atoms with Crippen molar-refractivity contribution in [1.29, 1.82) is 0 Å². The van der Waals surface area contributed by atoms with Gasteiger partial charge in [0.1, 0.15) is 5.82 Å². The Morgan fingerprint density at radius 2 is 1.90 bits per heavy atom. The zero-order chi connectivity index (χ0) is 20.5. The van der Waals surface area contributed by atoms with Gasteiger partial charge >= 0.3 is 0 Å². The first-order valence-electron chi connectivity index (χ1n) is 10.4. The molecule has 0 unspecified atom stereocenters. The van der Waals surface area contributed by atoms with Gasteiger partial charge in [-0.05, 0) is 97.4 Å². The molecule has 1 fully saturated rings. The zero-order valence-electron chi connectivity index (χ0n) is 17.0. The molecule has 1 aliphatic rings. The number of primary amides is 1. The number of hydrogen-bond acceptors (Lipinski definition) is 2. The lowest BCUT2D eigenvalue weighted by Gasteiger charge is -2.34. The van der Waals surface area contributed by atoms with Crippen LogP contribution >= 0.6 is 0 Å². The molecule has 1 saturated carbocycles. The molecule has 2 aromatic carbocycles. The first-order valence-corrected chi connectivity index (χ1v) is 10.4. The second kappa shape index (κ2) is 7.94. The van der Waals surface area contributed by atoms with Gasteiger partial charge in [0.15, 0.2) is 0 Å². The van der Waals surface area contributed by atoms with Gasteiger partial charge in [-0.2, -0.15) is 0 Å². The monoisotopic (exact) mass is 390 g/mol. The Morgan fingerprint density at radius 3 is 2.62 bits per heavy atom. The number of nitrogens with two attached hydrogens (primary N) is 1. The number of hydrogen-bond donors (Lipinski definition) is 1. The Kier molecular flexibility index (Phi) is 5.35. The van der Waals surface area contributed by atoms with Crippen molar-refractivity contribution in [2.45, 2.75) is 51.4 Å². The Labute approximate surface area is 171 Å². The predicted molar refractivity (Wildman–Crippen MR) is 115 cm³/mol. The minimum absolute atomic E-state index is 0.209. The first kappa shape index (κ1) is 19.6. The number of halogens is 1.